The number of nitrogens with zero attached hydrogens (tertiary/aromatic N) is 2. The van der Waals surface area contributed by atoms with E-state index in [2.05, 4.69) is 12.1 Å². The van der Waals surface area contributed by atoms with Gasteiger partial charge in [0.05, 0.1) is 0 Å². The van der Waals surface area contributed by atoms with E-state index in [9.17, 15) is 4.79 Å². The summed E-state index contributed by atoms with van der Waals surface area (Å²) in [5, 5.41) is 3.97. The first-order valence-corrected chi connectivity index (χ1v) is 7.50. The first-order chi connectivity index (χ1) is 10.1. The summed E-state index contributed by atoms with van der Waals surface area (Å²) in [6.45, 7) is 4.94. The minimum atomic E-state index is -0.0233. The molecule has 4 nitrogen and oxygen atoms in total. The topological polar surface area (TPSA) is 46.3 Å². The van der Waals surface area contributed by atoms with Gasteiger partial charge in [-0.1, -0.05) is 28.9 Å². The Morgan fingerprint density at radius 2 is 2.19 bits per heavy atom. The maximum Gasteiger partial charge on any atom is 0.276 e. The van der Waals surface area contributed by atoms with Crippen LogP contribution >= 0.6 is 0 Å². The summed E-state index contributed by atoms with van der Waals surface area (Å²) >= 11 is 0. The Bertz CT molecular complexity index is 648. The minimum Gasteiger partial charge on any atom is -0.355 e. The Labute approximate surface area is 124 Å². The van der Waals surface area contributed by atoms with E-state index in [1.165, 1.54) is 6.42 Å². The van der Waals surface area contributed by atoms with Gasteiger partial charge in [-0.25, -0.2) is 0 Å². The molecule has 1 atom stereocenters. The summed E-state index contributed by atoms with van der Waals surface area (Å²) < 4.78 is 5.36. The van der Waals surface area contributed by atoms with Gasteiger partial charge in [0.25, 0.3) is 5.91 Å². The number of rotatable bonds is 2. The van der Waals surface area contributed by atoms with Crippen molar-refractivity contribution in [3.05, 3.63) is 41.6 Å². The SMILES string of the molecule is Cc1cccc(-c2cc(C(=O)N3CCCCC3C)no2)c1. The van der Waals surface area contributed by atoms with Crippen molar-refractivity contribution in [2.45, 2.75) is 39.2 Å². The van der Waals surface area contributed by atoms with E-state index in [-0.39, 0.29) is 11.9 Å². The van der Waals surface area contributed by atoms with Crippen LogP contribution in [0.25, 0.3) is 11.3 Å². The Morgan fingerprint density at radius 1 is 1.33 bits per heavy atom. The van der Waals surface area contributed by atoms with E-state index in [4.69, 9.17) is 4.52 Å². The average Bonchev–Trinajstić information content (AvgIpc) is 2.97. The van der Waals surface area contributed by atoms with Crippen molar-refractivity contribution in [2.75, 3.05) is 6.54 Å². The Balaban J connectivity index is 1.83. The van der Waals surface area contributed by atoms with Gasteiger partial charge < -0.3 is 9.42 Å². The zero-order valence-corrected chi connectivity index (χ0v) is 12.5. The van der Waals surface area contributed by atoms with Gasteiger partial charge in [0.2, 0.25) is 0 Å². The molecule has 1 aliphatic rings. The Hall–Kier alpha value is -2.10. The summed E-state index contributed by atoms with van der Waals surface area (Å²) in [5.41, 5.74) is 2.51. The van der Waals surface area contributed by atoms with E-state index >= 15 is 0 Å². The highest BCUT2D eigenvalue weighted by Crippen LogP contribution is 2.24. The van der Waals surface area contributed by atoms with Gasteiger partial charge in [0, 0.05) is 24.2 Å². The molecular formula is C17H20N2O2. The lowest BCUT2D eigenvalue weighted by molar-refractivity contribution is 0.0625. The van der Waals surface area contributed by atoms with Gasteiger partial charge in [-0.2, -0.15) is 0 Å². The van der Waals surface area contributed by atoms with Crippen LogP contribution in [0.3, 0.4) is 0 Å². The molecular weight excluding hydrogens is 264 g/mol. The number of amides is 1. The van der Waals surface area contributed by atoms with Crippen molar-refractivity contribution >= 4 is 5.91 Å². The molecule has 1 amide bonds. The van der Waals surface area contributed by atoms with Crippen LogP contribution in [0.2, 0.25) is 0 Å². The van der Waals surface area contributed by atoms with E-state index < -0.39 is 0 Å². The quantitative estimate of drug-likeness (QED) is 0.845. The molecule has 1 saturated heterocycles. The largest absolute Gasteiger partial charge is 0.355 e. The van der Waals surface area contributed by atoms with Crippen LogP contribution in [0.5, 0.6) is 0 Å². The number of aryl methyl sites for hydroxylation is 1. The molecule has 1 aromatic heterocycles. The van der Waals surface area contributed by atoms with Gasteiger partial charge in [0.15, 0.2) is 11.5 Å². The highest BCUT2D eigenvalue weighted by molar-refractivity contribution is 5.93. The first-order valence-electron chi connectivity index (χ1n) is 7.50. The molecule has 0 radical (unpaired) electrons. The normalized spacial score (nSPS) is 18.8. The van der Waals surface area contributed by atoms with E-state index in [0.717, 1.165) is 30.5 Å². The molecule has 0 bridgehead atoms. The Kier molecular flexibility index (Phi) is 3.78. The van der Waals surface area contributed by atoms with E-state index in [1.54, 1.807) is 6.07 Å². The molecule has 4 heteroatoms. The van der Waals surface area contributed by atoms with Gasteiger partial charge in [0.1, 0.15) is 0 Å². The van der Waals surface area contributed by atoms with Gasteiger partial charge in [-0.15, -0.1) is 0 Å². The number of hydrogen-bond donors (Lipinski definition) is 0. The first kappa shape index (κ1) is 13.9. The third-order valence-electron chi connectivity index (χ3n) is 4.10. The lowest BCUT2D eigenvalue weighted by Gasteiger charge is -2.32. The minimum absolute atomic E-state index is 0.0233. The number of piperidine rings is 1. The zero-order valence-electron chi connectivity index (χ0n) is 12.5. The fraction of sp³-hybridized carbons (Fsp3) is 0.412. The van der Waals surface area contributed by atoms with Crippen LogP contribution in [-0.2, 0) is 0 Å². The van der Waals surface area contributed by atoms with Crippen LogP contribution < -0.4 is 0 Å². The third-order valence-corrected chi connectivity index (χ3v) is 4.10. The molecule has 2 aromatic rings. The number of aromatic nitrogens is 1. The Morgan fingerprint density at radius 3 is 2.95 bits per heavy atom. The molecule has 0 spiro atoms. The molecule has 0 saturated carbocycles. The lowest BCUT2D eigenvalue weighted by atomic mass is 10.0. The maximum atomic E-state index is 12.5. The molecule has 110 valence electrons. The monoisotopic (exact) mass is 284 g/mol. The molecule has 1 aliphatic heterocycles. The molecule has 3 rings (SSSR count). The maximum absolute atomic E-state index is 12.5. The van der Waals surface area contributed by atoms with Gasteiger partial charge in [-0.05, 0) is 39.2 Å². The van der Waals surface area contributed by atoms with E-state index in [0.29, 0.717) is 11.5 Å². The van der Waals surface area contributed by atoms with Crippen LogP contribution in [0.1, 0.15) is 42.2 Å². The van der Waals surface area contributed by atoms with Crippen molar-refractivity contribution < 1.29 is 9.32 Å². The fourth-order valence-corrected chi connectivity index (χ4v) is 2.86. The zero-order chi connectivity index (χ0) is 14.8. The fourth-order valence-electron chi connectivity index (χ4n) is 2.86. The summed E-state index contributed by atoms with van der Waals surface area (Å²) in [7, 11) is 0. The predicted octanol–water partition coefficient (Wildman–Crippen LogP) is 3.66. The molecule has 2 heterocycles. The van der Waals surface area contributed by atoms with Crippen LogP contribution in [0.15, 0.2) is 34.9 Å². The lowest BCUT2D eigenvalue weighted by Crippen LogP contribution is -2.42. The average molecular weight is 284 g/mol. The molecule has 0 N–H and O–H groups in total. The highest BCUT2D eigenvalue weighted by atomic mass is 16.5. The van der Waals surface area contributed by atoms with Crippen LogP contribution in [0.4, 0.5) is 0 Å². The number of benzene rings is 1. The van der Waals surface area contributed by atoms with Crippen molar-refractivity contribution in [2.24, 2.45) is 0 Å². The van der Waals surface area contributed by atoms with Crippen molar-refractivity contribution in [1.29, 1.82) is 0 Å². The van der Waals surface area contributed by atoms with E-state index in [1.807, 2.05) is 36.1 Å². The van der Waals surface area contributed by atoms with Crippen molar-refractivity contribution in [3.63, 3.8) is 0 Å². The number of likely N-dealkylation sites (tertiary alicyclic amines) is 1. The smallest absolute Gasteiger partial charge is 0.276 e. The van der Waals surface area contributed by atoms with Gasteiger partial charge in [-0.3, -0.25) is 4.79 Å². The van der Waals surface area contributed by atoms with Gasteiger partial charge >= 0.3 is 0 Å². The van der Waals surface area contributed by atoms with Crippen molar-refractivity contribution in [3.8, 4) is 11.3 Å². The number of carbonyl (C=O) groups excluding carboxylic acids is 1. The number of carbonyl (C=O) groups is 1. The summed E-state index contributed by atoms with van der Waals surface area (Å²) in [6, 6.07) is 10.0. The molecule has 0 aliphatic carbocycles. The standard InChI is InChI=1S/C17H20N2O2/c1-12-6-5-8-14(10-12)16-11-15(18-21-16)17(20)19-9-4-3-7-13(19)2/h5-6,8,10-11,13H,3-4,7,9H2,1-2H3. The third kappa shape index (κ3) is 2.84. The molecule has 1 fully saturated rings. The summed E-state index contributed by atoms with van der Waals surface area (Å²) in [6.07, 6.45) is 3.32. The van der Waals surface area contributed by atoms with Crippen molar-refractivity contribution in [1.82, 2.24) is 10.1 Å². The molecule has 1 unspecified atom stereocenters. The van der Waals surface area contributed by atoms with Crippen LogP contribution in [-0.4, -0.2) is 28.6 Å². The molecule has 21 heavy (non-hydrogen) atoms. The summed E-state index contributed by atoms with van der Waals surface area (Å²) in [5.74, 6) is 0.622. The van der Waals surface area contributed by atoms with Crippen LogP contribution in [0, 0.1) is 6.92 Å². The highest BCUT2D eigenvalue weighted by Gasteiger charge is 2.26. The second-order valence-electron chi connectivity index (χ2n) is 5.79. The second-order valence-corrected chi connectivity index (χ2v) is 5.79. The predicted molar refractivity (Wildman–Crippen MR) is 81.0 cm³/mol. The second kappa shape index (κ2) is 5.72. The number of hydrogen-bond acceptors (Lipinski definition) is 3. The molecule has 1 aromatic carbocycles. The summed E-state index contributed by atoms with van der Waals surface area (Å²) in [4.78, 5) is 14.4.